The molecule has 108 valence electrons. The number of urea groups is 1. The second-order valence-electron chi connectivity index (χ2n) is 4.31. The van der Waals surface area contributed by atoms with Crippen molar-refractivity contribution in [2.45, 2.75) is 13.3 Å². The van der Waals surface area contributed by atoms with E-state index in [9.17, 15) is 14.4 Å². The molecule has 0 spiro atoms. The maximum absolute atomic E-state index is 10.7. The van der Waals surface area contributed by atoms with Crippen LogP contribution in [-0.2, 0) is 9.59 Å². The molecule has 1 aromatic rings. The zero-order valence-corrected chi connectivity index (χ0v) is 11.8. The van der Waals surface area contributed by atoms with Gasteiger partial charge < -0.3 is 16.4 Å². The highest BCUT2D eigenvalue weighted by Gasteiger charge is 2.17. The van der Waals surface area contributed by atoms with Crippen LogP contribution in [0.4, 0.5) is 10.5 Å². The quantitative estimate of drug-likeness (QED) is 0.317. The van der Waals surface area contributed by atoms with Crippen molar-refractivity contribution in [1.82, 2.24) is 10.6 Å². The Labute approximate surface area is 124 Å². The number of nitrogen functional groups attached to an aromatic ring is 1. The van der Waals surface area contributed by atoms with Crippen molar-refractivity contribution in [2.24, 2.45) is 9.98 Å². The maximum atomic E-state index is 10.7. The van der Waals surface area contributed by atoms with E-state index in [-0.39, 0.29) is 23.3 Å². The fourth-order valence-corrected chi connectivity index (χ4v) is 1.85. The topological polar surface area (TPSA) is 126 Å². The van der Waals surface area contributed by atoms with Gasteiger partial charge in [0.25, 0.3) is 0 Å². The van der Waals surface area contributed by atoms with Crippen molar-refractivity contribution in [3.05, 3.63) is 28.4 Å². The van der Waals surface area contributed by atoms with Crippen LogP contribution in [0.15, 0.2) is 22.1 Å². The van der Waals surface area contributed by atoms with Crippen molar-refractivity contribution in [3.8, 4) is 0 Å². The molecular formula is C12H11N5O3S. The molecule has 4 N–H and O–H groups in total. The first-order valence-corrected chi connectivity index (χ1v) is 6.27. The number of hydrogen-bond donors (Lipinski definition) is 3. The fourth-order valence-electron chi connectivity index (χ4n) is 1.63. The summed E-state index contributed by atoms with van der Waals surface area (Å²) in [6.45, 7) is 1.87. The van der Waals surface area contributed by atoms with E-state index in [2.05, 4.69) is 32.8 Å². The predicted octanol–water partition coefficient (Wildman–Crippen LogP) is -1.14. The Morgan fingerprint density at radius 1 is 1.10 bits per heavy atom. The molecule has 3 rings (SSSR count). The average molecular weight is 305 g/mol. The van der Waals surface area contributed by atoms with Crippen molar-refractivity contribution in [3.63, 3.8) is 0 Å². The number of hydrogen-bond acceptors (Lipinski definition) is 5. The molecule has 0 aromatic heterocycles. The van der Waals surface area contributed by atoms with E-state index < -0.39 is 6.03 Å². The third-order valence-corrected chi connectivity index (χ3v) is 2.83. The molecule has 2 heterocycles. The standard InChI is InChI=1S/C8H7N3O.C4H4N2O2S/c1-4-2-6-7(3-5(4)9)11-8(12)10-6;7-2-1-3(8)6-4(9)5-2/h2-3H,9H2,1H3;1H2,(H2,5,6,7,8,9). The van der Waals surface area contributed by atoms with E-state index in [1.165, 1.54) is 0 Å². The van der Waals surface area contributed by atoms with E-state index in [0.717, 1.165) is 5.56 Å². The molecule has 1 aromatic carbocycles. The molecule has 9 heteroatoms. The number of aryl methyl sites for hydroxylation is 1. The Balaban J connectivity index is 0.000000161. The van der Waals surface area contributed by atoms with Gasteiger partial charge in [0.15, 0.2) is 5.11 Å². The Morgan fingerprint density at radius 2 is 1.62 bits per heavy atom. The van der Waals surface area contributed by atoms with E-state index in [4.69, 9.17) is 5.73 Å². The molecule has 8 nitrogen and oxygen atoms in total. The highest BCUT2D eigenvalue weighted by atomic mass is 32.1. The maximum Gasteiger partial charge on any atom is 0.368 e. The lowest BCUT2D eigenvalue weighted by Gasteiger charge is -2.12. The van der Waals surface area contributed by atoms with Gasteiger partial charge >= 0.3 is 6.03 Å². The first-order valence-electron chi connectivity index (χ1n) is 5.86. The van der Waals surface area contributed by atoms with Gasteiger partial charge in [-0.2, -0.15) is 9.98 Å². The van der Waals surface area contributed by atoms with Crippen LogP contribution < -0.4 is 27.1 Å². The normalized spacial score (nSPS) is 15.9. The summed E-state index contributed by atoms with van der Waals surface area (Å²) >= 11 is 4.50. The van der Waals surface area contributed by atoms with Gasteiger partial charge in [0.05, 0.1) is 10.7 Å². The van der Waals surface area contributed by atoms with Gasteiger partial charge in [0.2, 0.25) is 11.8 Å². The summed E-state index contributed by atoms with van der Waals surface area (Å²) in [6, 6.07) is 2.98. The third-order valence-electron chi connectivity index (χ3n) is 2.62. The summed E-state index contributed by atoms with van der Waals surface area (Å²) in [5, 5.41) is 5.82. The number of nitrogens with one attached hydrogen (secondary N) is 2. The number of nitrogens with two attached hydrogens (primary N) is 1. The molecule has 0 radical (unpaired) electrons. The first kappa shape index (κ1) is 14.7. The molecule has 4 amide bonds. The summed E-state index contributed by atoms with van der Waals surface area (Å²) in [5.74, 6) is -0.687. The lowest BCUT2D eigenvalue weighted by molar-refractivity contribution is -0.129. The van der Waals surface area contributed by atoms with E-state index in [1.54, 1.807) is 12.1 Å². The molecule has 1 saturated heterocycles. The van der Waals surface area contributed by atoms with Crippen LogP contribution in [0.25, 0.3) is 0 Å². The largest absolute Gasteiger partial charge is 0.398 e. The van der Waals surface area contributed by atoms with Gasteiger partial charge in [-0.05, 0) is 36.8 Å². The molecule has 0 bridgehead atoms. The molecule has 2 aliphatic heterocycles. The number of carbonyl (C=O) groups is 3. The Kier molecular flexibility index (Phi) is 4.03. The number of anilines is 1. The van der Waals surface area contributed by atoms with Gasteiger partial charge in [0.1, 0.15) is 6.42 Å². The number of carbonyl (C=O) groups excluding carboxylic acids is 3. The number of benzene rings is 1. The highest BCUT2D eigenvalue weighted by molar-refractivity contribution is 7.80. The summed E-state index contributed by atoms with van der Waals surface area (Å²) in [5.41, 5.74) is 7.19. The van der Waals surface area contributed by atoms with Crippen molar-refractivity contribution in [2.75, 3.05) is 5.73 Å². The van der Waals surface area contributed by atoms with Crippen LogP contribution in [0.3, 0.4) is 0 Å². The van der Waals surface area contributed by atoms with Crippen LogP contribution in [0.1, 0.15) is 12.0 Å². The Bertz CT molecular complexity index is 699. The Morgan fingerprint density at radius 3 is 2.14 bits per heavy atom. The molecule has 21 heavy (non-hydrogen) atoms. The number of nitrogens with zero attached hydrogens (tertiary/aromatic N) is 2. The molecule has 0 unspecified atom stereocenters. The predicted molar refractivity (Wildman–Crippen MR) is 76.8 cm³/mol. The van der Waals surface area contributed by atoms with E-state index >= 15 is 0 Å². The van der Waals surface area contributed by atoms with Crippen LogP contribution in [0.2, 0.25) is 0 Å². The Hall–Kier alpha value is -2.68. The van der Waals surface area contributed by atoms with Crippen molar-refractivity contribution < 1.29 is 14.4 Å². The van der Waals surface area contributed by atoms with Crippen molar-refractivity contribution >= 4 is 40.9 Å². The zero-order valence-electron chi connectivity index (χ0n) is 11.0. The van der Waals surface area contributed by atoms with Gasteiger partial charge in [-0.3, -0.25) is 9.59 Å². The average Bonchev–Trinajstić information content (AvgIpc) is 2.68. The minimum atomic E-state index is -0.449. The summed E-state index contributed by atoms with van der Waals surface area (Å²) in [6.07, 6.45) is -0.125. The monoisotopic (exact) mass is 305 g/mol. The lowest BCUT2D eigenvalue weighted by Crippen LogP contribution is -2.49. The van der Waals surface area contributed by atoms with E-state index in [0.29, 0.717) is 16.4 Å². The van der Waals surface area contributed by atoms with Gasteiger partial charge in [0, 0.05) is 5.69 Å². The van der Waals surface area contributed by atoms with Gasteiger partial charge in [-0.15, -0.1) is 0 Å². The summed E-state index contributed by atoms with van der Waals surface area (Å²) in [7, 11) is 0. The second-order valence-corrected chi connectivity index (χ2v) is 4.71. The number of fused-ring (bicyclic) bond motifs is 1. The summed E-state index contributed by atoms with van der Waals surface area (Å²) in [4.78, 5) is 39.0. The number of thiocarbonyl (C=S) groups is 1. The lowest BCUT2D eigenvalue weighted by atomic mass is 10.2. The van der Waals surface area contributed by atoms with Crippen LogP contribution >= 0.6 is 12.2 Å². The van der Waals surface area contributed by atoms with Crippen LogP contribution in [-0.4, -0.2) is 23.0 Å². The smallest absolute Gasteiger partial charge is 0.368 e. The second kappa shape index (κ2) is 5.75. The van der Waals surface area contributed by atoms with Crippen LogP contribution in [0, 0.1) is 6.92 Å². The molecule has 2 aliphatic rings. The van der Waals surface area contributed by atoms with E-state index in [1.807, 2.05) is 6.92 Å². The zero-order chi connectivity index (χ0) is 15.6. The molecular weight excluding hydrogens is 294 g/mol. The minimum Gasteiger partial charge on any atom is -0.398 e. The van der Waals surface area contributed by atoms with Crippen molar-refractivity contribution in [1.29, 1.82) is 0 Å². The minimum absolute atomic E-state index is 0.0938. The van der Waals surface area contributed by atoms with Gasteiger partial charge in [-0.1, -0.05) is 0 Å². The third kappa shape index (κ3) is 3.66. The highest BCUT2D eigenvalue weighted by Crippen LogP contribution is 2.03. The molecule has 0 atom stereocenters. The van der Waals surface area contributed by atoms with Crippen LogP contribution in [0.5, 0.6) is 0 Å². The molecule has 0 saturated carbocycles. The molecule has 1 fully saturated rings. The van der Waals surface area contributed by atoms with Gasteiger partial charge in [-0.25, -0.2) is 4.79 Å². The number of rotatable bonds is 0. The molecule has 0 aliphatic carbocycles. The number of amides is 4. The fraction of sp³-hybridized carbons (Fsp3) is 0.167. The summed E-state index contributed by atoms with van der Waals surface area (Å²) < 4.78 is 0. The SMILES string of the molecule is Cc1cc2c(cc1N)=NC(=O)N=2.O=C1CC(=O)NC(=S)N1. The first-order chi connectivity index (χ1) is 9.85.